The largest absolute Gasteiger partial charge is 0.504 e. The fourth-order valence-corrected chi connectivity index (χ4v) is 2.71. The van der Waals surface area contributed by atoms with E-state index in [1.54, 1.807) is 0 Å². The normalized spacial score (nSPS) is 21.4. The van der Waals surface area contributed by atoms with Crippen LogP contribution >= 0.6 is 0 Å². The monoisotopic (exact) mass is 291 g/mol. The molecule has 2 aliphatic rings. The standard InChI is InChI=1S/C13H13N3O5/c14-10-6-4-16(7-1-2-9(18)15-12(7)20)13(21)5(6)3-8(17)11(10)19/h3,7,17,19H,1-2,4,14H2,(H,15,18,20). The van der Waals surface area contributed by atoms with Crippen molar-refractivity contribution in [2.24, 2.45) is 0 Å². The number of imide groups is 1. The maximum absolute atomic E-state index is 12.4. The number of phenols is 2. The molecule has 1 fully saturated rings. The van der Waals surface area contributed by atoms with E-state index in [0.717, 1.165) is 6.07 Å². The van der Waals surface area contributed by atoms with E-state index in [-0.39, 0.29) is 36.5 Å². The lowest BCUT2D eigenvalue weighted by Gasteiger charge is -2.29. The highest BCUT2D eigenvalue weighted by Crippen LogP contribution is 2.41. The number of hydrogen-bond donors (Lipinski definition) is 4. The molecule has 1 aromatic rings. The number of phenolic OH excluding ortho intramolecular Hbond substituents is 2. The molecule has 0 aromatic heterocycles. The number of anilines is 1. The average molecular weight is 291 g/mol. The minimum Gasteiger partial charge on any atom is -0.504 e. The van der Waals surface area contributed by atoms with Gasteiger partial charge in [0.1, 0.15) is 6.04 Å². The molecule has 0 aliphatic carbocycles. The third kappa shape index (κ3) is 1.87. The molecule has 1 aromatic carbocycles. The number of rotatable bonds is 1. The predicted octanol–water partition coefficient (Wildman–Crippen LogP) is -0.559. The second-order valence-corrected chi connectivity index (χ2v) is 5.08. The minimum absolute atomic E-state index is 0.0557. The Kier molecular flexibility index (Phi) is 2.75. The predicted molar refractivity (Wildman–Crippen MR) is 70.2 cm³/mol. The number of nitrogens with zero attached hydrogens (tertiary/aromatic N) is 1. The van der Waals surface area contributed by atoms with Crippen molar-refractivity contribution >= 4 is 23.4 Å². The quantitative estimate of drug-likeness (QED) is 0.311. The molecule has 110 valence electrons. The summed E-state index contributed by atoms with van der Waals surface area (Å²) in [4.78, 5) is 36.7. The molecular formula is C13H13N3O5. The number of nitrogen functional groups attached to an aromatic ring is 1. The molecular weight excluding hydrogens is 278 g/mol. The maximum Gasteiger partial charge on any atom is 0.255 e. The van der Waals surface area contributed by atoms with Crippen molar-refractivity contribution in [3.63, 3.8) is 0 Å². The van der Waals surface area contributed by atoms with Crippen LogP contribution in [-0.2, 0) is 16.1 Å². The molecule has 2 aliphatic heterocycles. The van der Waals surface area contributed by atoms with Crippen LogP contribution in [0.4, 0.5) is 5.69 Å². The summed E-state index contributed by atoms with van der Waals surface area (Å²) in [6.45, 7) is 0.0557. The van der Waals surface area contributed by atoms with Gasteiger partial charge in [-0.1, -0.05) is 0 Å². The van der Waals surface area contributed by atoms with Crippen molar-refractivity contribution in [2.45, 2.75) is 25.4 Å². The summed E-state index contributed by atoms with van der Waals surface area (Å²) in [5.74, 6) is -2.31. The van der Waals surface area contributed by atoms with Gasteiger partial charge in [-0.2, -0.15) is 0 Å². The van der Waals surface area contributed by atoms with Gasteiger partial charge in [0.25, 0.3) is 5.91 Å². The van der Waals surface area contributed by atoms with Crippen LogP contribution in [-0.4, -0.2) is 38.9 Å². The van der Waals surface area contributed by atoms with Crippen LogP contribution in [0.5, 0.6) is 11.5 Å². The number of hydrogen-bond acceptors (Lipinski definition) is 6. The lowest BCUT2D eigenvalue weighted by molar-refractivity contribution is -0.136. The van der Waals surface area contributed by atoms with Crippen molar-refractivity contribution in [3.8, 4) is 11.5 Å². The first kappa shape index (κ1) is 13.2. The van der Waals surface area contributed by atoms with E-state index in [4.69, 9.17) is 5.73 Å². The van der Waals surface area contributed by atoms with E-state index in [0.29, 0.717) is 5.56 Å². The SMILES string of the molecule is Nc1c(O)c(O)cc2c1CN(C1CCC(=O)NC1=O)C2=O. The molecule has 0 bridgehead atoms. The van der Waals surface area contributed by atoms with Crippen LogP contribution < -0.4 is 11.1 Å². The number of carbonyl (C=O) groups is 3. The molecule has 5 N–H and O–H groups in total. The summed E-state index contributed by atoms with van der Waals surface area (Å²) in [5, 5.41) is 21.3. The smallest absolute Gasteiger partial charge is 0.255 e. The highest BCUT2D eigenvalue weighted by molar-refractivity contribution is 6.06. The first-order valence-electron chi connectivity index (χ1n) is 6.38. The number of amides is 3. The molecule has 2 heterocycles. The summed E-state index contributed by atoms with van der Waals surface area (Å²) in [6, 6.07) is 0.376. The number of nitrogens with one attached hydrogen (secondary N) is 1. The zero-order chi connectivity index (χ0) is 15.3. The number of piperidine rings is 1. The Morgan fingerprint density at radius 3 is 2.67 bits per heavy atom. The third-order valence-electron chi connectivity index (χ3n) is 3.84. The average Bonchev–Trinajstić information content (AvgIpc) is 2.74. The molecule has 3 rings (SSSR count). The molecule has 1 unspecified atom stereocenters. The number of nitrogens with two attached hydrogens (primary N) is 1. The molecule has 0 spiro atoms. The first-order chi connectivity index (χ1) is 9.90. The molecule has 0 saturated carbocycles. The summed E-state index contributed by atoms with van der Waals surface area (Å²) < 4.78 is 0. The van der Waals surface area contributed by atoms with Crippen LogP contribution in [0.2, 0.25) is 0 Å². The van der Waals surface area contributed by atoms with Gasteiger partial charge < -0.3 is 20.8 Å². The number of aromatic hydroxyl groups is 2. The molecule has 1 saturated heterocycles. The van der Waals surface area contributed by atoms with Gasteiger partial charge in [-0.05, 0) is 12.5 Å². The third-order valence-corrected chi connectivity index (χ3v) is 3.84. The van der Waals surface area contributed by atoms with Crippen LogP contribution in [0.25, 0.3) is 0 Å². The minimum atomic E-state index is -0.758. The van der Waals surface area contributed by atoms with Gasteiger partial charge in [0.05, 0.1) is 11.3 Å². The molecule has 0 radical (unpaired) electrons. The Hall–Kier alpha value is -2.77. The zero-order valence-corrected chi connectivity index (χ0v) is 10.9. The van der Waals surface area contributed by atoms with E-state index in [1.165, 1.54) is 4.90 Å². The van der Waals surface area contributed by atoms with Gasteiger partial charge in [-0.3, -0.25) is 19.7 Å². The van der Waals surface area contributed by atoms with E-state index >= 15 is 0 Å². The lowest BCUT2D eigenvalue weighted by Crippen LogP contribution is -2.52. The first-order valence-corrected chi connectivity index (χ1v) is 6.38. The fourth-order valence-electron chi connectivity index (χ4n) is 2.71. The van der Waals surface area contributed by atoms with Crippen molar-refractivity contribution in [1.82, 2.24) is 10.2 Å². The summed E-state index contributed by atoms with van der Waals surface area (Å²) in [6.07, 6.45) is 0.394. The second kappa shape index (κ2) is 4.37. The molecule has 21 heavy (non-hydrogen) atoms. The van der Waals surface area contributed by atoms with Gasteiger partial charge in [-0.25, -0.2) is 0 Å². The Bertz CT molecular complexity index is 685. The van der Waals surface area contributed by atoms with Crippen LogP contribution in [0.15, 0.2) is 6.07 Å². The van der Waals surface area contributed by atoms with Crippen molar-refractivity contribution in [3.05, 3.63) is 17.2 Å². The Morgan fingerprint density at radius 1 is 1.29 bits per heavy atom. The van der Waals surface area contributed by atoms with Gasteiger partial charge in [0.2, 0.25) is 11.8 Å². The number of benzene rings is 1. The van der Waals surface area contributed by atoms with Gasteiger partial charge in [-0.15, -0.1) is 0 Å². The van der Waals surface area contributed by atoms with E-state index < -0.39 is 29.4 Å². The van der Waals surface area contributed by atoms with Crippen LogP contribution in [0.3, 0.4) is 0 Å². The van der Waals surface area contributed by atoms with Crippen molar-refractivity contribution in [1.29, 1.82) is 0 Å². The van der Waals surface area contributed by atoms with E-state index in [9.17, 15) is 24.6 Å². The van der Waals surface area contributed by atoms with E-state index in [2.05, 4.69) is 5.32 Å². The Labute approximate surface area is 119 Å². The summed E-state index contributed by atoms with van der Waals surface area (Å²) >= 11 is 0. The van der Waals surface area contributed by atoms with Gasteiger partial charge in [0, 0.05) is 18.5 Å². The lowest BCUT2D eigenvalue weighted by atomic mass is 10.0. The highest BCUT2D eigenvalue weighted by atomic mass is 16.3. The summed E-state index contributed by atoms with van der Waals surface area (Å²) in [7, 11) is 0. The second-order valence-electron chi connectivity index (χ2n) is 5.08. The van der Waals surface area contributed by atoms with Crippen LogP contribution in [0, 0.1) is 0 Å². The Morgan fingerprint density at radius 2 is 2.00 bits per heavy atom. The molecule has 8 nitrogen and oxygen atoms in total. The highest BCUT2D eigenvalue weighted by Gasteiger charge is 2.40. The number of fused-ring (bicyclic) bond motifs is 1. The molecule has 3 amide bonds. The molecule has 1 atom stereocenters. The summed E-state index contributed by atoms with van der Waals surface area (Å²) in [5.41, 5.74) is 6.16. The van der Waals surface area contributed by atoms with E-state index in [1.807, 2.05) is 0 Å². The fraction of sp³-hybridized carbons (Fsp3) is 0.308. The Balaban J connectivity index is 1.96. The van der Waals surface area contributed by atoms with Crippen molar-refractivity contribution in [2.75, 3.05) is 5.73 Å². The van der Waals surface area contributed by atoms with Crippen molar-refractivity contribution < 1.29 is 24.6 Å². The van der Waals surface area contributed by atoms with Crippen LogP contribution in [0.1, 0.15) is 28.8 Å². The molecule has 8 heteroatoms. The zero-order valence-electron chi connectivity index (χ0n) is 10.9. The van der Waals surface area contributed by atoms with Gasteiger partial charge >= 0.3 is 0 Å². The maximum atomic E-state index is 12.4. The topological polar surface area (TPSA) is 133 Å². The van der Waals surface area contributed by atoms with Gasteiger partial charge in [0.15, 0.2) is 11.5 Å². The number of carbonyl (C=O) groups excluding carboxylic acids is 3.